The molecule has 1 unspecified atom stereocenters. The van der Waals surface area contributed by atoms with Gasteiger partial charge in [-0.15, -0.1) is 0 Å². The van der Waals surface area contributed by atoms with E-state index in [1.165, 1.54) is 6.04 Å². The molecule has 0 spiro atoms. The topological polar surface area (TPSA) is 30.5 Å². The van der Waals surface area contributed by atoms with E-state index in [9.17, 15) is 0 Å². The minimum Gasteiger partial charge on any atom is -0.357 e. The van der Waals surface area contributed by atoms with Gasteiger partial charge in [0.2, 0.25) is 0 Å². The number of hydrogen-bond acceptors (Lipinski definition) is 3. The zero-order chi connectivity index (χ0) is 11.5. The quantitative estimate of drug-likeness (QED) is 0.454. The fourth-order valence-corrected chi connectivity index (χ4v) is 3.35. The van der Waals surface area contributed by atoms with Gasteiger partial charge in [0.1, 0.15) is 5.91 Å². The average Bonchev–Trinajstić information content (AvgIpc) is 2.23. The van der Waals surface area contributed by atoms with E-state index in [0.717, 1.165) is 32.2 Å². The Bertz CT molecular complexity index is 130. The Morgan fingerprint density at radius 3 is 2.20 bits per heavy atom. The second-order valence-corrected chi connectivity index (χ2v) is 5.65. The molecule has 0 aromatic rings. The largest absolute Gasteiger partial charge is 0.357 e. The lowest BCUT2D eigenvalue weighted by Gasteiger charge is -2.18. The Morgan fingerprint density at radius 1 is 1.13 bits per heavy atom. The SMILES string of the molecule is CCNCC(C)C[SiH2]C(OCC)OCC. The van der Waals surface area contributed by atoms with E-state index in [-0.39, 0.29) is 15.4 Å². The molecule has 0 radical (unpaired) electrons. The lowest BCUT2D eigenvalue weighted by molar-refractivity contribution is -0.0829. The van der Waals surface area contributed by atoms with Gasteiger partial charge in [-0.3, -0.25) is 0 Å². The lowest BCUT2D eigenvalue weighted by Crippen LogP contribution is -2.28. The van der Waals surface area contributed by atoms with Crippen LogP contribution in [-0.2, 0) is 9.47 Å². The summed E-state index contributed by atoms with van der Waals surface area (Å²) in [6, 6.07) is 1.29. The van der Waals surface area contributed by atoms with Crippen molar-refractivity contribution in [1.29, 1.82) is 0 Å². The van der Waals surface area contributed by atoms with Crippen molar-refractivity contribution in [3.05, 3.63) is 0 Å². The molecule has 4 heteroatoms. The molecule has 92 valence electrons. The molecule has 0 rings (SSSR count). The molecule has 3 nitrogen and oxygen atoms in total. The van der Waals surface area contributed by atoms with Crippen molar-refractivity contribution in [1.82, 2.24) is 5.32 Å². The molecule has 0 heterocycles. The molecule has 0 amide bonds. The maximum absolute atomic E-state index is 5.56. The van der Waals surface area contributed by atoms with Crippen LogP contribution in [-0.4, -0.2) is 41.7 Å². The van der Waals surface area contributed by atoms with Crippen LogP contribution in [0.25, 0.3) is 0 Å². The van der Waals surface area contributed by atoms with Crippen LogP contribution < -0.4 is 5.32 Å². The van der Waals surface area contributed by atoms with Crippen molar-refractivity contribution in [2.45, 2.75) is 39.7 Å². The predicted molar refractivity (Wildman–Crippen MR) is 68.1 cm³/mol. The number of rotatable bonds is 10. The molecule has 0 fully saturated rings. The first-order chi connectivity index (χ1) is 7.24. The van der Waals surface area contributed by atoms with E-state index in [1.54, 1.807) is 0 Å². The van der Waals surface area contributed by atoms with Gasteiger partial charge in [-0.2, -0.15) is 0 Å². The van der Waals surface area contributed by atoms with Crippen molar-refractivity contribution >= 4 is 9.52 Å². The smallest absolute Gasteiger partial charge is 0.134 e. The average molecular weight is 233 g/mol. The van der Waals surface area contributed by atoms with Crippen LogP contribution in [0.15, 0.2) is 0 Å². The normalized spacial score (nSPS) is 14.2. The summed E-state index contributed by atoms with van der Waals surface area (Å²) in [7, 11) is -0.257. The Balaban J connectivity index is 3.57. The predicted octanol–water partition coefficient (Wildman–Crippen LogP) is 1.18. The van der Waals surface area contributed by atoms with Crippen LogP contribution in [0.3, 0.4) is 0 Å². The first-order valence-corrected chi connectivity index (χ1v) is 8.00. The molecule has 0 aliphatic heterocycles. The Labute approximate surface area is 96.7 Å². The van der Waals surface area contributed by atoms with Gasteiger partial charge in [-0.1, -0.05) is 19.9 Å². The third-order valence-corrected chi connectivity index (χ3v) is 4.60. The minimum absolute atomic E-state index is 0.129. The highest BCUT2D eigenvalue weighted by atomic mass is 28.2. The van der Waals surface area contributed by atoms with Crippen molar-refractivity contribution in [2.24, 2.45) is 5.92 Å². The highest BCUT2D eigenvalue weighted by Crippen LogP contribution is 2.04. The van der Waals surface area contributed by atoms with Gasteiger partial charge in [0.15, 0.2) is 0 Å². The van der Waals surface area contributed by atoms with E-state index in [0.29, 0.717) is 0 Å². The molecule has 0 saturated carbocycles. The molecule has 0 aliphatic rings. The van der Waals surface area contributed by atoms with Crippen LogP contribution in [0, 0.1) is 5.92 Å². The summed E-state index contributed by atoms with van der Waals surface area (Å²) in [5, 5.41) is 3.38. The van der Waals surface area contributed by atoms with E-state index in [2.05, 4.69) is 19.2 Å². The van der Waals surface area contributed by atoms with Crippen LogP contribution in [0.4, 0.5) is 0 Å². The monoisotopic (exact) mass is 233 g/mol. The Hall–Kier alpha value is 0.0969. The second kappa shape index (κ2) is 10.6. The molecule has 0 saturated heterocycles. The molecular formula is C11H27NO2Si. The van der Waals surface area contributed by atoms with Crippen LogP contribution >= 0.6 is 0 Å². The van der Waals surface area contributed by atoms with Gasteiger partial charge < -0.3 is 14.8 Å². The van der Waals surface area contributed by atoms with Gasteiger partial charge in [0, 0.05) is 13.2 Å². The van der Waals surface area contributed by atoms with Gasteiger partial charge in [-0.25, -0.2) is 0 Å². The van der Waals surface area contributed by atoms with E-state index in [4.69, 9.17) is 9.47 Å². The van der Waals surface area contributed by atoms with Gasteiger partial charge >= 0.3 is 0 Å². The van der Waals surface area contributed by atoms with Gasteiger partial charge in [0.25, 0.3) is 0 Å². The zero-order valence-electron chi connectivity index (χ0n) is 10.7. The first-order valence-electron chi connectivity index (χ1n) is 6.18. The van der Waals surface area contributed by atoms with E-state index >= 15 is 0 Å². The maximum atomic E-state index is 5.56. The van der Waals surface area contributed by atoms with E-state index < -0.39 is 0 Å². The van der Waals surface area contributed by atoms with Crippen molar-refractivity contribution < 1.29 is 9.47 Å². The fraction of sp³-hybridized carbons (Fsp3) is 1.00. The molecule has 1 atom stereocenters. The molecule has 0 aliphatic carbocycles. The third kappa shape index (κ3) is 9.05. The first kappa shape index (κ1) is 15.1. The van der Waals surface area contributed by atoms with Crippen molar-refractivity contribution in [3.8, 4) is 0 Å². The van der Waals surface area contributed by atoms with Crippen molar-refractivity contribution in [2.75, 3.05) is 26.3 Å². The number of ether oxygens (including phenoxy) is 2. The van der Waals surface area contributed by atoms with Crippen LogP contribution in [0.2, 0.25) is 6.04 Å². The molecule has 1 N–H and O–H groups in total. The van der Waals surface area contributed by atoms with Crippen LogP contribution in [0.1, 0.15) is 27.7 Å². The van der Waals surface area contributed by atoms with Crippen molar-refractivity contribution in [3.63, 3.8) is 0 Å². The highest BCUT2D eigenvalue weighted by Gasteiger charge is 2.11. The lowest BCUT2D eigenvalue weighted by atomic mass is 10.2. The molecule has 15 heavy (non-hydrogen) atoms. The summed E-state index contributed by atoms with van der Waals surface area (Å²) >= 11 is 0. The Morgan fingerprint density at radius 2 is 1.73 bits per heavy atom. The summed E-state index contributed by atoms with van der Waals surface area (Å²) in [5.74, 6) is 0.879. The zero-order valence-corrected chi connectivity index (χ0v) is 12.1. The third-order valence-electron chi connectivity index (χ3n) is 2.34. The second-order valence-electron chi connectivity index (χ2n) is 3.83. The summed E-state index contributed by atoms with van der Waals surface area (Å²) in [4.78, 5) is 0. The van der Waals surface area contributed by atoms with E-state index in [1.807, 2.05) is 13.8 Å². The summed E-state index contributed by atoms with van der Waals surface area (Å²) in [5.41, 5.74) is 0. The molecular weight excluding hydrogens is 206 g/mol. The summed E-state index contributed by atoms with van der Waals surface area (Å²) < 4.78 is 11.1. The van der Waals surface area contributed by atoms with Gasteiger partial charge in [0.05, 0.1) is 9.52 Å². The fourth-order valence-electron chi connectivity index (χ4n) is 1.50. The summed E-state index contributed by atoms with van der Waals surface area (Å²) in [6.07, 6.45) is 0. The van der Waals surface area contributed by atoms with Gasteiger partial charge in [-0.05, 0) is 32.9 Å². The minimum atomic E-state index is -0.257. The molecule has 0 aromatic heterocycles. The summed E-state index contributed by atoms with van der Waals surface area (Å²) in [6.45, 7) is 12.2. The van der Waals surface area contributed by atoms with Crippen LogP contribution in [0.5, 0.6) is 0 Å². The highest BCUT2D eigenvalue weighted by molar-refractivity contribution is 6.36. The standard InChI is InChI=1S/C11H27NO2Si/c1-5-12-8-10(4)9-15-11(13-6-2)14-7-3/h10-12H,5-9,15H2,1-4H3. The maximum Gasteiger partial charge on any atom is 0.134 e. The number of nitrogens with one attached hydrogen (secondary N) is 1. The molecule has 0 bridgehead atoms. The Kier molecular flexibility index (Phi) is 10.7. The number of hydrogen-bond donors (Lipinski definition) is 1. The molecule has 0 aromatic carbocycles.